The van der Waals surface area contributed by atoms with E-state index in [0.29, 0.717) is 0 Å². The number of aromatic hydroxyl groups is 3. The molecule has 0 saturated heterocycles. The van der Waals surface area contributed by atoms with Gasteiger partial charge in [-0.3, -0.25) is 0 Å². The van der Waals surface area contributed by atoms with Crippen LogP contribution in [0.2, 0.25) is 0 Å². The molecule has 204 valence electrons. The summed E-state index contributed by atoms with van der Waals surface area (Å²) in [6.07, 6.45) is 12.4. The maximum Gasteiger partial charge on any atom is 0.115 e. The van der Waals surface area contributed by atoms with E-state index < -0.39 is 0 Å². The highest BCUT2D eigenvalue weighted by Crippen LogP contribution is 2.47. The minimum atomic E-state index is -0.268. The smallest absolute Gasteiger partial charge is 0.115 e. The zero-order chi connectivity index (χ0) is 27.8. The van der Waals surface area contributed by atoms with Crippen molar-refractivity contribution in [3.05, 3.63) is 102 Å². The van der Waals surface area contributed by atoms with Gasteiger partial charge in [0.2, 0.25) is 0 Å². The van der Waals surface area contributed by atoms with Gasteiger partial charge in [-0.2, -0.15) is 0 Å². The van der Waals surface area contributed by atoms with Crippen molar-refractivity contribution < 1.29 is 15.3 Å². The molecular formula is C35H46O3. The van der Waals surface area contributed by atoms with Crippen LogP contribution in [0.25, 0.3) is 0 Å². The molecule has 0 bridgehead atoms. The Hall–Kier alpha value is -3.20. The molecule has 2 unspecified atom stereocenters. The van der Waals surface area contributed by atoms with Gasteiger partial charge in [-0.25, -0.2) is 0 Å². The lowest BCUT2D eigenvalue weighted by atomic mass is 9.60. The van der Waals surface area contributed by atoms with E-state index in [0.717, 1.165) is 19.3 Å². The molecule has 0 spiro atoms. The molecule has 3 aromatic rings. The summed E-state index contributed by atoms with van der Waals surface area (Å²) >= 11 is 0. The van der Waals surface area contributed by atoms with Gasteiger partial charge >= 0.3 is 0 Å². The molecule has 0 fully saturated rings. The Morgan fingerprint density at radius 1 is 0.579 bits per heavy atom. The Morgan fingerprint density at radius 3 is 1.55 bits per heavy atom. The van der Waals surface area contributed by atoms with Gasteiger partial charge in [0.25, 0.3) is 0 Å². The van der Waals surface area contributed by atoms with E-state index in [1.807, 2.05) is 36.4 Å². The molecule has 0 radical (unpaired) electrons. The molecule has 3 rings (SSSR count). The lowest BCUT2D eigenvalue weighted by Crippen LogP contribution is -2.38. The summed E-state index contributed by atoms with van der Waals surface area (Å²) < 4.78 is 0. The lowest BCUT2D eigenvalue weighted by Gasteiger charge is -2.44. The van der Waals surface area contributed by atoms with E-state index in [-0.39, 0.29) is 33.5 Å². The number of unbranched alkanes of at least 4 members (excludes halogenated alkanes) is 4. The van der Waals surface area contributed by atoms with E-state index in [1.54, 1.807) is 36.4 Å². The molecular weight excluding hydrogens is 468 g/mol. The number of phenols is 3. The van der Waals surface area contributed by atoms with Crippen LogP contribution in [0, 0.1) is 0 Å². The van der Waals surface area contributed by atoms with Gasteiger partial charge in [0.1, 0.15) is 17.2 Å². The fraction of sp³-hybridized carbons (Fsp3) is 0.429. The summed E-state index contributed by atoms with van der Waals surface area (Å²) in [5.41, 5.74) is 2.86. The molecule has 0 amide bonds. The molecule has 3 nitrogen and oxygen atoms in total. The highest BCUT2D eigenvalue weighted by molar-refractivity contribution is 5.39. The predicted molar refractivity (Wildman–Crippen MR) is 159 cm³/mol. The predicted octanol–water partition coefficient (Wildman–Crippen LogP) is 9.30. The molecule has 0 aliphatic rings. The third-order valence-corrected chi connectivity index (χ3v) is 8.04. The first-order valence-electron chi connectivity index (χ1n) is 14.0. The summed E-state index contributed by atoms with van der Waals surface area (Å²) in [6, 6.07) is 22.9. The monoisotopic (exact) mass is 514 g/mol. The van der Waals surface area contributed by atoms with Crippen molar-refractivity contribution >= 4 is 0 Å². The Kier molecular flexibility index (Phi) is 9.71. The summed E-state index contributed by atoms with van der Waals surface area (Å²) in [5, 5.41) is 29.9. The van der Waals surface area contributed by atoms with Gasteiger partial charge in [-0.05, 0) is 89.6 Å². The standard InChI is InChI=1S/C35H46O3/c1-6-7-8-9-10-11-24-34(4,28-14-20-31(37)21-15-28)26-35(5,29-16-22-32(38)23-17-29)25-33(2,3)27-12-18-30(36)19-13-27/h11-24,36-38H,6-10,25-26H2,1-5H3. The van der Waals surface area contributed by atoms with Crippen LogP contribution < -0.4 is 0 Å². The Labute approximate surface area is 229 Å². The summed E-state index contributed by atoms with van der Waals surface area (Å²) in [7, 11) is 0. The van der Waals surface area contributed by atoms with Gasteiger partial charge < -0.3 is 15.3 Å². The van der Waals surface area contributed by atoms with E-state index in [1.165, 1.54) is 42.4 Å². The van der Waals surface area contributed by atoms with Crippen molar-refractivity contribution in [2.75, 3.05) is 0 Å². The maximum atomic E-state index is 10.0. The molecule has 0 saturated carbocycles. The second-order valence-electron chi connectivity index (χ2n) is 12.1. The highest BCUT2D eigenvalue weighted by atomic mass is 16.3. The van der Waals surface area contributed by atoms with Crippen molar-refractivity contribution in [2.24, 2.45) is 0 Å². The van der Waals surface area contributed by atoms with Crippen LogP contribution in [0.1, 0.15) is 96.3 Å². The van der Waals surface area contributed by atoms with Gasteiger partial charge in [0, 0.05) is 5.41 Å². The Balaban J connectivity index is 2.03. The second kappa shape index (κ2) is 12.6. The van der Waals surface area contributed by atoms with Crippen molar-refractivity contribution in [1.29, 1.82) is 0 Å². The summed E-state index contributed by atoms with van der Waals surface area (Å²) in [6.45, 7) is 11.4. The molecule has 0 heterocycles. The normalized spacial score (nSPS) is 15.3. The minimum absolute atomic E-state index is 0.167. The first kappa shape index (κ1) is 29.4. The van der Waals surface area contributed by atoms with Crippen molar-refractivity contribution in [3.63, 3.8) is 0 Å². The van der Waals surface area contributed by atoms with Gasteiger partial charge in [0.15, 0.2) is 0 Å². The molecule has 2 atom stereocenters. The van der Waals surface area contributed by atoms with E-state index >= 15 is 0 Å². The zero-order valence-electron chi connectivity index (χ0n) is 23.9. The number of rotatable bonds is 13. The first-order valence-corrected chi connectivity index (χ1v) is 14.0. The van der Waals surface area contributed by atoms with E-state index in [2.05, 4.69) is 46.8 Å². The van der Waals surface area contributed by atoms with Crippen LogP contribution in [-0.4, -0.2) is 15.3 Å². The third-order valence-electron chi connectivity index (χ3n) is 8.04. The zero-order valence-corrected chi connectivity index (χ0v) is 23.9. The maximum absolute atomic E-state index is 10.0. The van der Waals surface area contributed by atoms with Crippen LogP contribution in [0.5, 0.6) is 17.2 Å². The SMILES string of the molecule is CCCCCCC=CC(C)(CC(C)(CC(C)(C)c1ccc(O)cc1)c1ccc(O)cc1)c1ccc(O)cc1. The Morgan fingerprint density at radius 2 is 1.05 bits per heavy atom. The number of allylic oxidation sites excluding steroid dienone is 2. The van der Waals surface area contributed by atoms with Crippen LogP contribution in [0.15, 0.2) is 84.9 Å². The minimum Gasteiger partial charge on any atom is -0.508 e. The molecule has 0 aliphatic heterocycles. The fourth-order valence-corrected chi connectivity index (χ4v) is 6.06. The third kappa shape index (κ3) is 7.66. The first-order chi connectivity index (χ1) is 18.0. The van der Waals surface area contributed by atoms with Crippen LogP contribution in [0.4, 0.5) is 0 Å². The summed E-state index contributed by atoms with van der Waals surface area (Å²) in [5.74, 6) is 0.811. The van der Waals surface area contributed by atoms with Gasteiger partial charge in [0.05, 0.1) is 0 Å². The molecule has 3 aromatic carbocycles. The highest BCUT2D eigenvalue weighted by Gasteiger charge is 2.40. The van der Waals surface area contributed by atoms with E-state index in [9.17, 15) is 15.3 Å². The molecule has 3 heteroatoms. The number of phenolic OH excluding ortho intramolecular Hbond substituents is 3. The average Bonchev–Trinajstić information content (AvgIpc) is 2.86. The van der Waals surface area contributed by atoms with Crippen LogP contribution in [0.3, 0.4) is 0 Å². The van der Waals surface area contributed by atoms with Crippen molar-refractivity contribution in [3.8, 4) is 17.2 Å². The second-order valence-corrected chi connectivity index (χ2v) is 12.1. The number of hydrogen-bond acceptors (Lipinski definition) is 3. The van der Waals surface area contributed by atoms with Crippen molar-refractivity contribution in [1.82, 2.24) is 0 Å². The topological polar surface area (TPSA) is 60.7 Å². The Bertz CT molecular complexity index is 1160. The van der Waals surface area contributed by atoms with Crippen LogP contribution >= 0.6 is 0 Å². The molecule has 0 aromatic heterocycles. The molecule has 38 heavy (non-hydrogen) atoms. The fourth-order valence-electron chi connectivity index (χ4n) is 6.06. The molecule has 0 aliphatic carbocycles. The quantitative estimate of drug-likeness (QED) is 0.157. The number of hydrogen-bond donors (Lipinski definition) is 3. The van der Waals surface area contributed by atoms with E-state index in [4.69, 9.17) is 0 Å². The largest absolute Gasteiger partial charge is 0.508 e. The number of benzene rings is 3. The summed E-state index contributed by atoms with van der Waals surface area (Å²) in [4.78, 5) is 0. The molecule has 3 N–H and O–H groups in total. The average molecular weight is 515 g/mol. The van der Waals surface area contributed by atoms with Gasteiger partial charge in [-0.15, -0.1) is 0 Å². The lowest BCUT2D eigenvalue weighted by molar-refractivity contribution is 0.269. The van der Waals surface area contributed by atoms with Crippen molar-refractivity contribution in [2.45, 2.75) is 95.8 Å². The van der Waals surface area contributed by atoms with Crippen LogP contribution in [-0.2, 0) is 16.2 Å². The van der Waals surface area contributed by atoms with Gasteiger partial charge in [-0.1, -0.05) is 102 Å².